The van der Waals surface area contributed by atoms with Crippen molar-refractivity contribution >= 4 is 11.9 Å². The highest BCUT2D eigenvalue weighted by molar-refractivity contribution is 5.83. The fourth-order valence-electron chi connectivity index (χ4n) is 1.59. The lowest BCUT2D eigenvalue weighted by atomic mass is 10.0. The minimum absolute atomic E-state index is 0.116. The first kappa shape index (κ1) is 14.9. The van der Waals surface area contributed by atoms with Gasteiger partial charge in [0.15, 0.2) is 0 Å². The van der Waals surface area contributed by atoms with Crippen molar-refractivity contribution in [3.05, 3.63) is 0 Å². The molecule has 3 N–H and O–H groups in total. The van der Waals surface area contributed by atoms with Gasteiger partial charge in [0.1, 0.15) is 6.54 Å². The number of hydrogen-bond acceptors (Lipinski definition) is 3. The van der Waals surface area contributed by atoms with Crippen LogP contribution in [-0.4, -0.2) is 41.0 Å². The smallest absolute Gasteiger partial charge is 0.323 e. The Hall–Kier alpha value is -1.10. The topological polar surface area (TPSA) is 83.6 Å². The van der Waals surface area contributed by atoms with Gasteiger partial charge in [0.05, 0.1) is 5.92 Å². The molecule has 0 aliphatic carbocycles. The third-order valence-electron chi connectivity index (χ3n) is 2.48. The lowest BCUT2D eigenvalue weighted by Gasteiger charge is -2.28. The molecule has 0 aliphatic heterocycles. The first-order valence-electron chi connectivity index (χ1n) is 5.66. The minimum atomic E-state index is -0.991. The van der Waals surface area contributed by atoms with Crippen LogP contribution in [0.25, 0.3) is 0 Å². The highest BCUT2D eigenvalue weighted by Crippen LogP contribution is 2.11. The van der Waals surface area contributed by atoms with Gasteiger partial charge in [-0.2, -0.15) is 0 Å². The van der Waals surface area contributed by atoms with E-state index in [0.717, 1.165) is 6.42 Å². The molecule has 1 amide bonds. The number of aliphatic carboxylic acids is 1. The molecule has 0 saturated heterocycles. The fraction of sp³-hybridized carbons (Fsp3) is 0.818. The maximum absolute atomic E-state index is 12.0. The van der Waals surface area contributed by atoms with E-state index in [2.05, 4.69) is 0 Å². The van der Waals surface area contributed by atoms with E-state index in [1.807, 2.05) is 6.92 Å². The summed E-state index contributed by atoms with van der Waals surface area (Å²) >= 11 is 0. The predicted molar refractivity (Wildman–Crippen MR) is 61.9 cm³/mol. The average molecular weight is 230 g/mol. The number of carbonyl (C=O) groups excluding carboxylic acids is 1. The number of rotatable bonds is 7. The maximum Gasteiger partial charge on any atom is 0.323 e. The van der Waals surface area contributed by atoms with Crippen LogP contribution < -0.4 is 5.73 Å². The molecule has 0 radical (unpaired) electrons. The molecule has 0 aromatic carbocycles. The Morgan fingerprint density at radius 3 is 2.25 bits per heavy atom. The van der Waals surface area contributed by atoms with Crippen LogP contribution in [0.1, 0.15) is 33.6 Å². The van der Waals surface area contributed by atoms with Gasteiger partial charge in [0.25, 0.3) is 0 Å². The van der Waals surface area contributed by atoms with Crippen molar-refractivity contribution < 1.29 is 14.7 Å². The van der Waals surface area contributed by atoms with Crippen molar-refractivity contribution in [3.8, 4) is 0 Å². The van der Waals surface area contributed by atoms with E-state index in [-0.39, 0.29) is 31.0 Å². The molecule has 1 atom stereocenters. The summed E-state index contributed by atoms with van der Waals surface area (Å²) in [6.45, 7) is 5.61. The zero-order valence-corrected chi connectivity index (χ0v) is 10.3. The van der Waals surface area contributed by atoms with E-state index in [9.17, 15) is 9.59 Å². The normalized spacial score (nSPS) is 12.6. The van der Waals surface area contributed by atoms with Crippen LogP contribution in [-0.2, 0) is 9.59 Å². The Labute approximate surface area is 96.6 Å². The third kappa shape index (κ3) is 4.61. The van der Waals surface area contributed by atoms with Gasteiger partial charge < -0.3 is 15.7 Å². The maximum atomic E-state index is 12.0. The molecule has 0 rings (SSSR count). The molecular weight excluding hydrogens is 208 g/mol. The summed E-state index contributed by atoms with van der Waals surface area (Å²) in [6.07, 6.45) is 1.57. The highest BCUT2D eigenvalue weighted by atomic mass is 16.4. The van der Waals surface area contributed by atoms with Gasteiger partial charge in [-0.25, -0.2) is 0 Å². The fourth-order valence-corrected chi connectivity index (χ4v) is 1.59. The van der Waals surface area contributed by atoms with E-state index in [1.54, 1.807) is 13.8 Å². The van der Waals surface area contributed by atoms with Gasteiger partial charge in [-0.15, -0.1) is 0 Å². The molecule has 5 heteroatoms. The Morgan fingerprint density at radius 1 is 1.38 bits per heavy atom. The van der Waals surface area contributed by atoms with Crippen molar-refractivity contribution in [1.82, 2.24) is 4.90 Å². The number of carbonyl (C=O) groups is 2. The van der Waals surface area contributed by atoms with E-state index >= 15 is 0 Å². The third-order valence-corrected chi connectivity index (χ3v) is 2.48. The van der Waals surface area contributed by atoms with E-state index in [4.69, 9.17) is 10.8 Å². The molecule has 5 nitrogen and oxygen atoms in total. The molecule has 0 aromatic rings. The first-order chi connectivity index (χ1) is 7.43. The molecule has 94 valence electrons. The van der Waals surface area contributed by atoms with Gasteiger partial charge >= 0.3 is 5.97 Å². The van der Waals surface area contributed by atoms with Gasteiger partial charge in [-0.1, -0.05) is 13.3 Å². The molecule has 0 saturated carbocycles. The van der Waals surface area contributed by atoms with Crippen LogP contribution in [0, 0.1) is 5.92 Å². The van der Waals surface area contributed by atoms with Crippen molar-refractivity contribution in [2.75, 3.05) is 13.1 Å². The van der Waals surface area contributed by atoms with E-state index < -0.39 is 5.97 Å². The Morgan fingerprint density at radius 2 is 1.94 bits per heavy atom. The lowest BCUT2D eigenvalue weighted by molar-refractivity contribution is -0.147. The Bertz CT molecular complexity index is 241. The summed E-state index contributed by atoms with van der Waals surface area (Å²) in [5, 5.41) is 8.74. The minimum Gasteiger partial charge on any atom is -0.480 e. The van der Waals surface area contributed by atoms with E-state index in [1.165, 1.54) is 4.90 Å². The van der Waals surface area contributed by atoms with Gasteiger partial charge in [-0.3, -0.25) is 9.59 Å². The molecule has 0 spiro atoms. The molecule has 0 aromatic heterocycles. The zero-order valence-electron chi connectivity index (χ0n) is 10.3. The first-order valence-corrected chi connectivity index (χ1v) is 5.66. The Kier molecular flexibility index (Phi) is 6.72. The molecule has 0 bridgehead atoms. The summed E-state index contributed by atoms with van der Waals surface area (Å²) in [5.41, 5.74) is 5.53. The van der Waals surface area contributed by atoms with Crippen LogP contribution in [0.2, 0.25) is 0 Å². The van der Waals surface area contributed by atoms with Crippen molar-refractivity contribution in [1.29, 1.82) is 0 Å². The summed E-state index contributed by atoms with van der Waals surface area (Å²) in [5.74, 6) is -1.40. The van der Waals surface area contributed by atoms with Crippen LogP contribution in [0.5, 0.6) is 0 Å². The summed E-state index contributed by atoms with van der Waals surface area (Å²) < 4.78 is 0. The number of carboxylic acids is 1. The zero-order chi connectivity index (χ0) is 12.7. The lowest BCUT2D eigenvalue weighted by Crippen LogP contribution is -2.45. The number of nitrogens with two attached hydrogens (primary N) is 1. The quantitative estimate of drug-likeness (QED) is 0.673. The summed E-state index contributed by atoms with van der Waals surface area (Å²) in [4.78, 5) is 24.1. The standard InChI is InChI=1S/C11H22N2O3/c1-4-5-9(6-12)11(16)13(8(2)3)7-10(14)15/h8-9H,4-7,12H2,1-3H3,(H,14,15). The molecule has 0 fully saturated rings. The van der Waals surface area contributed by atoms with Crippen molar-refractivity contribution in [3.63, 3.8) is 0 Å². The average Bonchev–Trinajstić information content (AvgIpc) is 2.21. The van der Waals surface area contributed by atoms with Gasteiger partial charge in [0, 0.05) is 12.6 Å². The van der Waals surface area contributed by atoms with Crippen LogP contribution >= 0.6 is 0 Å². The van der Waals surface area contributed by atoms with Crippen LogP contribution in [0.3, 0.4) is 0 Å². The summed E-state index contributed by atoms with van der Waals surface area (Å²) in [7, 11) is 0. The Balaban J connectivity index is 4.63. The number of amides is 1. The van der Waals surface area contributed by atoms with Gasteiger partial charge in [0.2, 0.25) is 5.91 Å². The monoisotopic (exact) mass is 230 g/mol. The van der Waals surface area contributed by atoms with Crippen LogP contribution in [0.15, 0.2) is 0 Å². The molecular formula is C11H22N2O3. The molecule has 16 heavy (non-hydrogen) atoms. The molecule has 0 aliphatic rings. The number of hydrogen-bond donors (Lipinski definition) is 2. The van der Waals surface area contributed by atoms with Gasteiger partial charge in [-0.05, 0) is 20.3 Å². The van der Waals surface area contributed by atoms with E-state index in [0.29, 0.717) is 6.42 Å². The largest absolute Gasteiger partial charge is 0.480 e. The number of carboxylic acid groups (broad SMARTS) is 1. The van der Waals surface area contributed by atoms with Crippen LogP contribution in [0.4, 0.5) is 0 Å². The number of nitrogens with zero attached hydrogens (tertiary/aromatic N) is 1. The second-order valence-electron chi connectivity index (χ2n) is 4.17. The second-order valence-corrected chi connectivity index (χ2v) is 4.17. The molecule has 1 unspecified atom stereocenters. The van der Waals surface area contributed by atoms with Crippen molar-refractivity contribution in [2.24, 2.45) is 11.7 Å². The predicted octanol–water partition coefficient (Wildman–Crippen LogP) is 0.683. The second kappa shape index (κ2) is 7.22. The summed E-state index contributed by atoms with van der Waals surface area (Å²) in [6, 6.07) is -0.116. The van der Waals surface area contributed by atoms with Crippen molar-refractivity contribution in [2.45, 2.75) is 39.7 Å². The SMILES string of the molecule is CCCC(CN)C(=O)N(CC(=O)O)C(C)C. The molecule has 0 heterocycles. The highest BCUT2D eigenvalue weighted by Gasteiger charge is 2.25.